The van der Waals surface area contributed by atoms with E-state index in [9.17, 15) is 4.79 Å². The molecule has 1 radical (unpaired) electrons. The van der Waals surface area contributed by atoms with Gasteiger partial charge in [-0.1, -0.05) is 6.92 Å². The van der Waals surface area contributed by atoms with Crippen molar-refractivity contribution < 1.29 is 15.0 Å². The zero-order valence-corrected chi connectivity index (χ0v) is 7.79. The van der Waals surface area contributed by atoms with Gasteiger partial charge in [0.1, 0.15) is 0 Å². The van der Waals surface area contributed by atoms with Gasteiger partial charge in [0.2, 0.25) is 0 Å². The number of carbonyl (C=O) groups is 1. The number of carboxylic acids is 1. The van der Waals surface area contributed by atoms with Crippen LogP contribution in [0.5, 0.6) is 0 Å². The smallest absolute Gasteiger partial charge is 0.303 e. The van der Waals surface area contributed by atoms with Gasteiger partial charge in [-0.3, -0.25) is 4.79 Å². The van der Waals surface area contributed by atoms with Gasteiger partial charge in [-0.25, -0.2) is 0 Å². The van der Waals surface area contributed by atoms with Crippen LogP contribution in [0.3, 0.4) is 0 Å². The molecular weight excluding hydrogens is 131 g/mol. The molecule has 49 valence electrons. The van der Waals surface area contributed by atoms with E-state index in [1.807, 2.05) is 0 Å². The maximum absolute atomic E-state index is 9.86. The van der Waals surface area contributed by atoms with Gasteiger partial charge in [0.05, 0.1) is 6.42 Å². The summed E-state index contributed by atoms with van der Waals surface area (Å²) in [7, 11) is 0. The minimum atomic E-state index is -0.855. The maximum Gasteiger partial charge on any atom is 0.303 e. The third kappa shape index (κ3) is 8.43. The predicted molar refractivity (Wildman–Crippen MR) is 34.3 cm³/mol. The Labute approximate surface area is 76.4 Å². The van der Waals surface area contributed by atoms with E-state index in [0.717, 1.165) is 0 Å². The van der Waals surface area contributed by atoms with Crippen LogP contribution in [0.1, 0.15) is 13.3 Å². The molecule has 1 unspecified atom stereocenters. The Morgan fingerprint density at radius 1 is 1.67 bits per heavy atom. The number of aliphatic carboxylic acids is 1. The van der Waals surface area contributed by atoms with Gasteiger partial charge < -0.3 is 10.2 Å². The van der Waals surface area contributed by atoms with Crippen LogP contribution in [0, 0.1) is 5.92 Å². The van der Waals surface area contributed by atoms with Crippen molar-refractivity contribution in [3.05, 3.63) is 0 Å². The zero-order chi connectivity index (χ0) is 6.57. The summed E-state index contributed by atoms with van der Waals surface area (Å²) in [5.74, 6) is -0.973. The first-order valence-corrected chi connectivity index (χ1v) is 2.49. The molecule has 0 saturated carbocycles. The van der Waals surface area contributed by atoms with Crippen molar-refractivity contribution >= 4 is 35.5 Å². The topological polar surface area (TPSA) is 57.5 Å². The van der Waals surface area contributed by atoms with Gasteiger partial charge in [0, 0.05) is 36.2 Å². The second-order valence-corrected chi connectivity index (χ2v) is 1.89. The number of hydrogen-bond donors (Lipinski definition) is 2. The Hall–Kier alpha value is 0.430. The molecule has 2 N–H and O–H groups in total. The van der Waals surface area contributed by atoms with Gasteiger partial charge in [0.25, 0.3) is 0 Å². The monoisotopic (exact) mass is 141 g/mol. The Kier molecular flexibility index (Phi) is 8.83. The molecule has 9 heavy (non-hydrogen) atoms. The van der Waals surface area contributed by atoms with Crippen LogP contribution < -0.4 is 0 Å². The Morgan fingerprint density at radius 2 is 2.11 bits per heavy atom. The molecule has 0 aromatic rings. The zero-order valence-electron chi connectivity index (χ0n) is 5.79. The van der Waals surface area contributed by atoms with E-state index in [1.54, 1.807) is 6.92 Å². The van der Waals surface area contributed by atoms with Crippen LogP contribution in [0.15, 0.2) is 0 Å². The molecule has 1 atom stereocenters. The molecule has 4 heteroatoms. The molecule has 0 aliphatic heterocycles. The van der Waals surface area contributed by atoms with Crippen molar-refractivity contribution in [3.63, 3.8) is 0 Å². The van der Waals surface area contributed by atoms with Crippen LogP contribution in [-0.4, -0.2) is 52.3 Å². The summed E-state index contributed by atoms with van der Waals surface area (Å²) in [6, 6.07) is 0. The van der Waals surface area contributed by atoms with E-state index in [0.29, 0.717) is 0 Å². The number of rotatable bonds is 3. The third-order valence-corrected chi connectivity index (χ3v) is 0.835. The van der Waals surface area contributed by atoms with E-state index in [1.165, 1.54) is 0 Å². The van der Waals surface area contributed by atoms with E-state index in [4.69, 9.17) is 10.2 Å². The summed E-state index contributed by atoms with van der Waals surface area (Å²) in [5.41, 5.74) is 0. The van der Waals surface area contributed by atoms with Crippen LogP contribution in [0.4, 0.5) is 0 Å². The molecule has 0 fully saturated rings. The van der Waals surface area contributed by atoms with Crippen molar-refractivity contribution in [3.8, 4) is 0 Å². The van der Waals surface area contributed by atoms with Gasteiger partial charge in [-0.2, -0.15) is 0 Å². The third-order valence-electron chi connectivity index (χ3n) is 0.835. The molecule has 0 bridgehead atoms. The quantitative estimate of drug-likeness (QED) is 0.531. The van der Waals surface area contributed by atoms with Crippen molar-refractivity contribution in [2.45, 2.75) is 13.3 Å². The van der Waals surface area contributed by atoms with Crippen molar-refractivity contribution in [2.24, 2.45) is 5.92 Å². The van der Waals surface area contributed by atoms with Crippen molar-refractivity contribution in [2.75, 3.05) is 6.61 Å². The van der Waals surface area contributed by atoms with E-state index >= 15 is 0 Å². The average molecular weight is 141 g/mol. The van der Waals surface area contributed by atoms with Crippen LogP contribution in [0.2, 0.25) is 0 Å². The van der Waals surface area contributed by atoms with Crippen LogP contribution in [0.25, 0.3) is 0 Å². The fraction of sp³-hybridized carbons (Fsp3) is 0.800. The molecule has 0 aromatic heterocycles. The standard InChI is InChI=1S/C5H10O3.Na/c1-4(3-6)2-5(7)8;/h4,6H,2-3H2,1H3,(H,7,8);. The summed E-state index contributed by atoms with van der Waals surface area (Å²) in [5, 5.41) is 16.4. The predicted octanol–water partition coefficient (Wildman–Crippen LogP) is -0.291. The van der Waals surface area contributed by atoms with E-state index in [-0.39, 0.29) is 48.5 Å². The maximum atomic E-state index is 9.86. The van der Waals surface area contributed by atoms with Gasteiger partial charge >= 0.3 is 5.97 Å². The molecule has 0 saturated heterocycles. The number of aliphatic hydroxyl groups excluding tert-OH is 1. The first kappa shape index (κ1) is 12.1. The first-order chi connectivity index (χ1) is 3.66. The van der Waals surface area contributed by atoms with Gasteiger partial charge in [0.15, 0.2) is 0 Å². The summed E-state index contributed by atoms with van der Waals surface area (Å²) in [4.78, 5) is 9.86. The Morgan fingerprint density at radius 3 is 2.22 bits per heavy atom. The number of aliphatic hydroxyl groups is 1. The molecule has 0 rings (SSSR count). The Bertz CT molecular complexity index is 84.3. The second-order valence-electron chi connectivity index (χ2n) is 1.89. The van der Waals surface area contributed by atoms with Crippen molar-refractivity contribution in [1.29, 1.82) is 0 Å². The SMILES string of the molecule is CC(CO)CC(=O)O.[Na]. The summed E-state index contributed by atoms with van der Waals surface area (Å²) in [6.07, 6.45) is 0.0521. The van der Waals surface area contributed by atoms with Gasteiger partial charge in [-0.05, 0) is 5.92 Å². The summed E-state index contributed by atoms with van der Waals surface area (Å²) < 4.78 is 0. The molecule has 0 aliphatic rings. The molecule has 0 heterocycles. The normalized spacial score (nSPS) is 11.8. The van der Waals surface area contributed by atoms with Crippen LogP contribution >= 0.6 is 0 Å². The number of carboxylic acid groups (broad SMARTS) is 1. The summed E-state index contributed by atoms with van der Waals surface area (Å²) >= 11 is 0. The minimum Gasteiger partial charge on any atom is -0.481 e. The van der Waals surface area contributed by atoms with E-state index < -0.39 is 5.97 Å². The first-order valence-electron chi connectivity index (χ1n) is 2.49. The fourth-order valence-electron chi connectivity index (χ4n) is 0.363. The molecule has 3 nitrogen and oxygen atoms in total. The van der Waals surface area contributed by atoms with E-state index in [2.05, 4.69) is 0 Å². The minimum absolute atomic E-state index is 0. The molecule has 0 aromatic carbocycles. The molecular formula is C5H10NaO3. The van der Waals surface area contributed by atoms with Gasteiger partial charge in [-0.15, -0.1) is 0 Å². The fourth-order valence-corrected chi connectivity index (χ4v) is 0.363. The van der Waals surface area contributed by atoms with Crippen LogP contribution in [-0.2, 0) is 4.79 Å². The average Bonchev–Trinajstić information content (AvgIpc) is 1.65. The summed E-state index contributed by atoms with van der Waals surface area (Å²) in [6.45, 7) is 1.64. The largest absolute Gasteiger partial charge is 0.481 e. The van der Waals surface area contributed by atoms with Crippen molar-refractivity contribution in [1.82, 2.24) is 0 Å². The molecule has 0 spiro atoms. The number of hydrogen-bond acceptors (Lipinski definition) is 2. The molecule has 0 aliphatic carbocycles. The second kappa shape index (κ2) is 6.55. The Balaban J connectivity index is 0. The molecule has 0 amide bonds.